The molecule has 0 atom stereocenters. The second-order valence-corrected chi connectivity index (χ2v) is 6.91. The SMILES string of the molecule is Cc1cc(OCc2ccc(F)cc2F)c(Cl)c(=O)n1-c1ccc2ccncc2c1. The molecule has 0 aliphatic rings. The molecule has 7 heteroatoms. The molecule has 0 spiro atoms. The molecule has 0 N–H and O–H groups in total. The topological polar surface area (TPSA) is 44.1 Å². The van der Waals surface area contributed by atoms with Gasteiger partial charge in [0.15, 0.2) is 0 Å². The van der Waals surface area contributed by atoms with E-state index in [1.54, 1.807) is 25.4 Å². The van der Waals surface area contributed by atoms with Crippen LogP contribution in [0.3, 0.4) is 0 Å². The zero-order chi connectivity index (χ0) is 20.5. The van der Waals surface area contributed by atoms with E-state index in [-0.39, 0.29) is 22.9 Å². The summed E-state index contributed by atoms with van der Waals surface area (Å²) < 4.78 is 33.9. The molecule has 2 aromatic heterocycles. The molecule has 4 aromatic rings. The number of halogens is 3. The molecular formula is C22H15ClF2N2O2. The maximum Gasteiger partial charge on any atom is 0.277 e. The average molecular weight is 413 g/mol. The summed E-state index contributed by atoms with van der Waals surface area (Å²) >= 11 is 6.25. The van der Waals surface area contributed by atoms with Crippen molar-refractivity contribution in [2.75, 3.05) is 0 Å². The van der Waals surface area contributed by atoms with E-state index in [0.717, 1.165) is 22.9 Å². The predicted molar refractivity (Wildman–Crippen MR) is 108 cm³/mol. The highest BCUT2D eigenvalue weighted by Gasteiger charge is 2.15. The summed E-state index contributed by atoms with van der Waals surface area (Å²) in [5, 5.41) is 1.77. The van der Waals surface area contributed by atoms with Gasteiger partial charge in [-0.3, -0.25) is 14.3 Å². The summed E-state index contributed by atoms with van der Waals surface area (Å²) in [4.78, 5) is 17.0. The summed E-state index contributed by atoms with van der Waals surface area (Å²) in [6.45, 7) is 1.56. The monoisotopic (exact) mass is 412 g/mol. The van der Waals surface area contributed by atoms with Gasteiger partial charge in [-0.1, -0.05) is 17.7 Å². The van der Waals surface area contributed by atoms with Crippen molar-refractivity contribution in [2.24, 2.45) is 0 Å². The van der Waals surface area contributed by atoms with Crippen LogP contribution >= 0.6 is 11.6 Å². The molecule has 0 fully saturated rings. The molecular weight excluding hydrogens is 398 g/mol. The van der Waals surface area contributed by atoms with Crippen LogP contribution in [-0.4, -0.2) is 9.55 Å². The predicted octanol–water partition coefficient (Wildman–Crippen LogP) is 5.20. The van der Waals surface area contributed by atoms with Crippen molar-refractivity contribution in [2.45, 2.75) is 13.5 Å². The number of hydrogen-bond donors (Lipinski definition) is 0. The van der Waals surface area contributed by atoms with Crippen molar-refractivity contribution in [3.05, 3.63) is 99.2 Å². The lowest BCUT2D eigenvalue weighted by Gasteiger charge is -2.15. The van der Waals surface area contributed by atoms with Gasteiger partial charge in [0.2, 0.25) is 0 Å². The minimum Gasteiger partial charge on any atom is -0.487 e. The number of ether oxygens (including phenoxy) is 1. The van der Waals surface area contributed by atoms with Crippen LogP contribution in [-0.2, 0) is 6.61 Å². The Morgan fingerprint density at radius 2 is 1.90 bits per heavy atom. The van der Waals surface area contributed by atoms with Crippen LogP contribution in [0.4, 0.5) is 8.78 Å². The van der Waals surface area contributed by atoms with Crippen LogP contribution in [0.1, 0.15) is 11.3 Å². The molecule has 0 saturated heterocycles. The summed E-state index contributed by atoms with van der Waals surface area (Å²) in [6, 6.07) is 12.3. The van der Waals surface area contributed by atoms with E-state index in [9.17, 15) is 13.6 Å². The standard InChI is InChI=1S/C22H15ClF2N2O2/c1-13-8-20(29-12-15-2-4-17(24)10-19(15)25)21(23)22(28)27(13)18-5-3-14-6-7-26-11-16(14)9-18/h2-11H,12H2,1H3. The first kappa shape index (κ1) is 19.1. The largest absolute Gasteiger partial charge is 0.487 e. The maximum absolute atomic E-state index is 13.8. The smallest absolute Gasteiger partial charge is 0.277 e. The second-order valence-electron chi connectivity index (χ2n) is 6.54. The van der Waals surface area contributed by atoms with Crippen molar-refractivity contribution in [3.63, 3.8) is 0 Å². The van der Waals surface area contributed by atoms with E-state index >= 15 is 0 Å². The van der Waals surface area contributed by atoms with E-state index in [1.165, 1.54) is 10.6 Å². The quantitative estimate of drug-likeness (QED) is 0.462. The number of hydrogen-bond acceptors (Lipinski definition) is 3. The fourth-order valence-electron chi connectivity index (χ4n) is 3.11. The first-order valence-electron chi connectivity index (χ1n) is 8.77. The van der Waals surface area contributed by atoms with Crippen LogP contribution in [0.15, 0.2) is 65.7 Å². The normalized spacial score (nSPS) is 11.0. The zero-order valence-corrected chi connectivity index (χ0v) is 16.1. The number of fused-ring (bicyclic) bond motifs is 1. The highest BCUT2D eigenvalue weighted by Crippen LogP contribution is 2.26. The molecule has 4 rings (SSSR count). The molecule has 29 heavy (non-hydrogen) atoms. The lowest BCUT2D eigenvalue weighted by Crippen LogP contribution is -2.21. The molecule has 4 nitrogen and oxygen atoms in total. The van der Waals surface area contributed by atoms with Crippen LogP contribution in [0.25, 0.3) is 16.5 Å². The third-order valence-electron chi connectivity index (χ3n) is 4.58. The summed E-state index contributed by atoms with van der Waals surface area (Å²) in [6.07, 6.45) is 3.42. The molecule has 0 unspecified atom stereocenters. The Morgan fingerprint density at radius 1 is 1.07 bits per heavy atom. The van der Waals surface area contributed by atoms with Gasteiger partial charge in [-0.15, -0.1) is 0 Å². The summed E-state index contributed by atoms with van der Waals surface area (Å²) in [7, 11) is 0. The molecule has 0 amide bonds. The molecule has 0 aliphatic carbocycles. The Balaban J connectivity index is 1.69. The summed E-state index contributed by atoms with van der Waals surface area (Å²) in [5.41, 5.74) is 0.944. The molecule has 0 radical (unpaired) electrons. The Labute approximate surface area is 170 Å². The Morgan fingerprint density at radius 3 is 2.69 bits per heavy atom. The second kappa shape index (κ2) is 7.64. The third kappa shape index (κ3) is 3.71. The average Bonchev–Trinajstić information content (AvgIpc) is 2.70. The van der Waals surface area contributed by atoms with E-state index in [0.29, 0.717) is 11.4 Å². The Hall–Kier alpha value is -3.25. The lowest BCUT2D eigenvalue weighted by molar-refractivity contribution is 0.298. The fourth-order valence-corrected chi connectivity index (χ4v) is 3.31. The number of nitrogens with zero attached hydrogens (tertiary/aromatic N) is 2. The van der Waals surface area contributed by atoms with Gasteiger partial charge in [-0.2, -0.15) is 0 Å². The lowest BCUT2D eigenvalue weighted by atomic mass is 10.1. The maximum atomic E-state index is 13.8. The minimum atomic E-state index is -0.726. The molecule has 0 aliphatic heterocycles. The van der Waals surface area contributed by atoms with Crippen LogP contribution in [0, 0.1) is 18.6 Å². The van der Waals surface area contributed by atoms with Gasteiger partial charge in [0, 0.05) is 46.9 Å². The summed E-state index contributed by atoms with van der Waals surface area (Å²) in [5.74, 6) is -1.26. The van der Waals surface area contributed by atoms with Crippen LogP contribution < -0.4 is 10.3 Å². The Kier molecular flexibility index (Phi) is 5.03. The molecule has 0 saturated carbocycles. The third-order valence-corrected chi connectivity index (χ3v) is 4.93. The number of benzene rings is 2. The van der Waals surface area contributed by atoms with Crippen molar-refractivity contribution in [3.8, 4) is 11.4 Å². The first-order chi connectivity index (χ1) is 13.9. The van der Waals surface area contributed by atoms with E-state index < -0.39 is 17.2 Å². The van der Waals surface area contributed by atoms with Crippen molar-refractivity contribution >= 4 is 22.4 Å². The van der Waals surface area contributed by atoms with Crippen molar-refractivity contribution < 1.29 is 13.5 Å². The molecule has 0 bridgehead atoms. The number of aromatic nitrogens is 2. The van der Waals surface area contributed by atoms with Gasteiger partial charge in [-0.05, 0) is 42.6 Å². The Bertz CT molecular complexity index is 1290. The molecule has 2 aromatic carbocycles. The fraction of sp³-hybridized carbons (Fsp3) is 0.0909. The van der Waals surface area contributed by atoms with Gasteiger partial charge in [0.25, 0.3) is 5.56 Å². The minimum absolute atomic E-state index is 0.121. The molecule has 2 heterocycles. The van der Waals surface area contributed by atoms with E-state index in [1.807, 2.05) is 24.3 Å². The van der Waals surface area contributed by atoms with Crippen molar-refractivity contribution in [1.29, 1.82) is 0 Å². The van der Waals surface area contributed by atoms with Gasteiger partial charge in [0.1, 0.15) is 29.0 Å². The zero-order valence-electron chi connectivity index (χ0n) is 15.3. The highest BCUT2D eigenvalue weighted by molar-refractivity contribution is 6.31. The van der Waals surface area contributed by atoms with Gasteiger partial charge in [-0.25, -0.2) is 8.78 Å². The van der Waals surface area contributed by atoms with Crippen LogP contribution in [0.5, 0.6) is 5.75 Å². The van der Waals surface area contributed by atoms with Gasteiger partial charge in [0.05, 0.1) is 0 Å². The number of pyridine rings is 2. The number of rotatable bonds is 4. The van der Waals surface area contributed by atoms with E-state index in [2.05, 4.69) is 4.98 Å². The highest BCUT2D eigenvalue weighted by atomic mass is 35.5. The van der Waals surface area contributed by atoms with Crippen LogP contribution in [0.2, 0.25) is 5.02 Å². The van der Waals surface area contributed by atoms with Gasteiger partial charge >= 0.3 is 0 Å². The molecule has 146 valence electrons. The number of aryl methyl sites for hydroxylation is 1. The first-order valence-corrected chi connectivity index (χ1v) is 9.15. The van der Waals surface area contributed by atoms with E-state index in [4.69, 9.17) is 16.3 Å². The van der Waals surface area contributed by atoms with Crippen molar-refractivity contribution in [1.82, 2.24) is 9.55 Å². The van der Waals surface area contributed by atoms with Gasteiger partial charge < -0.3 is 4.74 Å².